The average molecular weight is 332 g/mol. The zero-order chi connectivity index (χ0) is 14.7. The van der Waals surface area contributed by atoms with Gasteiger partial charge in [0.25, 0.3) is 0 Å². The van der Waals surface area contributed by atoms with Crippen LogP contribution in [0.5, 0.6) is 5.75 Å². The third-order valence-corrected chi connectivity index (χ3v) is 3.92. The van der Waals surface area contributed by atoms with E-state index in [-0.39, 0.29) is 0 Å². The molecule has 0 saturated carbocycles. The fourth-order valence-corrected chi connectivity index (χ4v) is 2.71. The molecule has 20 heavy (non-hydrogen) atoms. The van der Waals surface area contributed by atoms with E-state index >= 15 is 0 Å². The van der Waals surface area contributed by atoms with Gasteiger partial charge in [-0.2, -0.15) is 0 Å². The number of aliphatic hydroxyl groups excluding tert-OH is 1. The number of hydrogen-bond acceptors (Lipinski definition) is 2. The zero-order valence-corrected chi connectivity index (χ0v) is 13.0. The molecule has 106 valence electrons. The number of methoxy groups -OCH3 is 1. The number of aliphatic hydroxyl groups is 1. The summed E-state index contributed by atoms with van der Waals surface area (Å²) in [4.78, 5) is 0. The van der Waals surface area contributed by atoms with Crippen LogP contribution >= 0.6 is 34.8 Å². The Bertz CT molecular complexity index is 614. The van der Waals surface area contributed by atoms with Gasteiger partial charge in [0, 0.05) is 22.0 Å². The first kappa shape index (κ1) is 15.5. The Morgan fingerprint density at radius 2 is 1.85 bits per heavy atom. The van der Waals surface area contributed by atoms with E-state index in [1.165, 1.54) is 7.11 Å². The lowest BCUT2D eigenvalue weighted by atomic mass is 10.0. The molecular formula is C15H13Cl3O2. The summed E-state index contributed by atoms with van der Waals surface area (Å²) in [5.74, 6) is 0.545. The van der Waals surface area contributed by atoms with Crippen molar-refractivity contribution in [1.29, 1.82) is 0 Å². The summed E-state index contributed by atoms with van der Waals surface area (Å²) in [6, 6.07) is 10.4. The van der Waals surface area contributed by atoms with Crippen LogP contribution in [0.1, 0.15) is 17.2 Å². The first-order valence-corrected chi connectivity index (χ1v) is 7.10. The van der Waals surface area contributed by atoms with Gasteiger partial charge in [-0.1, -0.05) is 40.9 Å². The van der Waals surface area contributed by atoms with Gasteiger partial charge in [-0.3, -0.25) is 0 Å². The summed E-state index contributed by atoms with van der Waals surface area (Å²) in [5, 5.41) is 12.0. The van der Waals surface area contributed by atoms with Crippen LogP contribution in [0.15, 0.2) is 36.4 Å². The molecule has 0 radical (unpaired) electrons. The van der Waals surface area contributed by atoms with E-state index in [2.05, 4.69) is 0 Å². The fourth-order valence-electron chi connectivity index (χ4n) is 2.03. The average Bonchev–Trinajstić information content (AvgIpc) is 2.42. The largest absolute Gasteiger partial charge is 0.496 e. The summed E-state index contributed by atoms with van der Waals surface area (Å²) >= 11 is 18.2. The molecule has 0 amide bonds. The highest BCUT2D eigenvalue weighted by Gasteiger charge is 2.18. The highest BCUT2D eigenvalue weighted by Crippen LogP contribution is 2.35. The van der Waals surface area contributed by atoms with Crippen LogP contribution in [0.3, 0.4) is 0 Å². The summed E-state index contributed by atoms with van der Waals surface area (Å²) in [7, 11) is 1.54. The lowest BCUT2D eigenvalue weighted by molar-refractivity contribution is 0.174. The van der Waals surface area contributed by atoms with Crippen LogP contribution < -0.4 is 4.74 Å². The third-order valence-electron chi connectivity index (χ3n) is 2.99. The molecule has 0 spiro atoms. The summed E-state index contributed by atoms with van der Waals surface area (Å²) < 4.78 is 5.24. The normalized spacial score (nSPS) is 12.2. The molecular weight excluding hydrogens is 319 g/mol. The first-order chi connectivity index (χ1) is 9.52. The van der Waals surface area contributed by atoms with Gasteiger partial charge < -0.3 is 9.84 Å². The minimum atomic E-state index is -0.824. The Kier molecular flexibility index (Phi) is 5.17. The van der Waals surface area contributed by atoms with Crippen molar-refractivity contribution in [2.75, 3.05) is 7.11 Å². The molecule has 0 aliphatic heterocycles. The highest BCUT2D eigenvalue weighted by atomic mass is 35.5. The van der Waals surface area contributed by atoms with E-state index in [0.717, 1.165) is 5.56 Å². The van der Waals surface area contributed by atoms with Crippen molar-refractivity contribution in [3.63, 3.8) is 0 Å². The van der Waals surface area contributed by atoms with Gasteiger partial charge in [-0.05, 0) is 35.9 Å². The van der Waals surface area contributed by atoms with Crippen LogP contribution in [0.25, 0.3) is 0 Å². The molecule has 2 aromatic rings. The Labute approximate surface area is 132 Å². The number of benzene rings is 2. The van der Waals surface area contributed by atoms with E-state index in [4.69, 9.17) is 39.5 Å². The van der Waals surface area contributed by atoms with E-state index in [1.54, 1.807) is 36.4 Å². The fraction of sp³-hybridized carbons (Fsp3) is 0.200. The highest BCUT2D eigenvalue weighted by molar-refractivity contribution is 6.33. The van der Waals surface area contributed by atoms with Gasteiger partial charge >= 0.3 is 0 Å². The summed E-state index contributed by atoms with van der Waals surface area (Å²) in [6.07, 6.45) is -0.519. The summed E-state index contributed by atoms with van der Waals surface area (Å²) in [6.45, 7) is 0. The molecule has 0 heterocycles. The van der Waals surface area contributed by atoms with Crippen LogP contribution in [0.4, 0.5) is 0 Å². The molecule has 0 bridgehead atoms. The minimum absolute atomic E-state index is 0.305. The zero-order valence-electron chi connectivity index (χ0n) is 10.7. The lowest BCUT2D eigenvalue weighted by Crippen LogP contribution is -2.05. The van der Waals surface area contributed by atoms with Crippen LogP contribution in [-0.2, 0) is 6.42 Å². The number of rotatable bonds is 4. The van der Waals surface area contributed by atoms with Gasteiger partial charge in [0.15, 0.2) is 0 Å². The molecule has 2 rings (SSSR count). The van der Waals surface area contributed by atoms with Gasteiger partial charge in [0.05, 0.1) is 18.2 Å². The van der Waals surface area contributed by atoms with E-state index in [1.807, 2.05) is 0 Å². The van der Waals surface area contributed by atoms with E-state index < -0.39 is 6.10 Å². The first-order valence-electron chi connectivity index (χ1n) is 5.97. The Balaban J connectivity index is 2.33. The number of hydrogen-bond donors (Lipinski definition) is 1. The van der Waals surface area contributed by atoms with Gasteiger partial charge in [-0.15, -0.1) is 0 Å². The van der Waals surface area contributed by atoms with Crippen molar-refractivity contribution in [3.05, 3.63) is 62.6 Å². The van der Waals surface area contributed by atoms with Crippen molar-refractivity contribution in [1.82, 2.24) is 0 Å². The molecule has 0 saturated heterocycles. The second-order valence-corrected chi connectivity index (χ2v) is 5.56. The standard InChI is InChI=1S/C15H13Cl3O2/c1-20-14-4-2-3-12(18)15(14)13(19)8-9-7-10(16)5-6-11(9)17/h2-7,13,19H,8H2,1H3. The Hall–Kier alpha value is -0.930. The maximum absolute atomic E-state index is 10.4. The molecule has 5 heteroatoms. The molecule has 0 fully saturated rings. The maximum atomic E-state index is 10.4. The number of ether oxygens (including phenoxy) is 1. The molecule has 0 aliphatic rings. The van der Waals surface area contributed by atoms with Crippen molar-refractivity contribution in [3.8, 4) is 5.75 Å². The van der Waals surface area contributed by atoms with Crippen molar-refractivity contribution in [2.45, 2.75) is 12.5 Å². The van der Waals surface area contributed by atoms with Gasteiger partial charge in [0.1, 0.15) is 5.75 Å². The van der Waals surface area contributed by atoms with E-state index in [0.29, 0.717) is 32.8 Å². The van der Waals surface area contributed by atoms with Crippen LogP contribution in [-0.4, -0.2) is 12.2 Å². The maximum Gasteiger partial charge on any atom is 0.126 e. The van der Waals surface area contributed by atoms with E-state index in [9.17, 15) is 5.11 Å². The molecule has 1 atom stereocenters. The third kappa shape index (κ3) is 3.39. The minimum Gasteiger partial charge on any atom is -0.496 e. The van der Waals surface area contributed by atoms with Crippen molar-refractivity contribution < 1.29 is 9.84 Å². The predicted octanol–water partition coefficient (Wildman–Crippen LogP) is 4.93. The molecule has 1 N–H and O–H groups in total. The molecule has 1 unspecified atom stereocenters. The molecule has 2 aromatic carbocycles. The predicted molar refractivity (Wildman–Crippen MR) is 83.1 cm³/mol. The molecule has 0 aromatic heterocycles. The van der Waals surface area contributed by atoms with Crippen molar-refractivity contribution >= 4 is 34.8 Å². The quantitative estimate of drug-likeness (QED) is 0.860. The molecule has 2 nitrogen and oxygen atoms in total. The monoisotopic (exact) mass is 330 g/mol. The van der Waals surface area contributed by atoms with Gasteiger partial charge in [-0.25, -0.2) is 0 Å². The second kappa shape index (κ2) is 6.68. The smallest absolute Gasteiger partial charge is 0.126 e. The molecule has 0 aliphatic carbocycles. The SMILES string of the molecule is COc1cccc(Cl)c1C(O)Cc1cc(Cl)ccc1Cl. The van der Waals surface area contributed by atoms with Gasteiger partial charge in [0.2, 0.25) is 0 Å². The van der Waals surface area contributed by atoms with Crippen LogP contribution in [0.2, 0.25) is 15.1 Å². The number of halogens is 3. The Morgan fingerprint density at radius 3 is 2.55 bits per heavy atom. The lowest BCUT2D eigenvalue weighted by Gasteiger charge is -2.17. The topological polar surface area (TPSA) is 29.5 Å². The summed E-state index contributed by atoms with van der Waals surface area (Å²) in [5.41, 5.74) is 1.31. The Morgan fingerprint density at radius 1 is 1.10 bits per heavy atom. The second-order valence-electron chi connectivity index (χ2n) is 4.31. The van der Waals surface area contributed by atoms with Crippen LogP contribution in [0, 0.1) is 0 Å². The van der Waals surface area contributed by atoms with Crippen molar-refractivity contribution in [2.24, 2.45) is 0 Å².